The molecular weight excluding hydrogens is 432 g/mol. The number of sulfonamides is 1. The minimum atomic E-state index is -3.62. The van der Waals surface area contributed by atoms with E-state index in [1.54, 1.807) is 48.5 Å². The molecule has 0 saturated carbocycles. The Morgan fingerprint density at radius 3 is 2.41 bits per heavy atom. The average molecular weight is 457 g/mol. The minimum absolute atomic E-state index is 0.0499. The van der Waals surface area contributed by atoms with Gasteiger partial charge in [0.15, 0.2) is 5.76 Å². The van der Waals surface area contributed by atoms with E-state index in [0.29, 0.717) is 11.3 Å². The van der Waals surface area contributed by atoms with Gasteiger partial charge in [-0.3, -0.25) is 4.79 Å². The van der Waals surface area contributed by atoms with Gasteiger partial charge in [0, 0.05) is 32.9 Å². The molecule has 10 heteroatoms. The lowest BCUT2D eigenvalue weighted by Crippen LogP contribution is -2.35. The first-order valence-electron chi connectivity index (χ1n) is 9.73. The maximum atomic E-state index is 12.5. The van der Waals surface area contributed by atoms with E-state index >= 15 is 0 Å². The van der Waals surface area contributed by atoms with E-state index in [1.807, 2.05) is 6.07 Å². The van der Waals surface area contributed by atoms with Crippen LogP contribution in [0.4, 0.5) is 10.5 Å². The number of anilines is 1. The molecule has 3 amide bonds. The highest BCUT2D eigenvalue weighted by atomic mass is 32.2. The van der Waals surface area contributed by atoms with E-state index in [2.05, 4.69) is 16.0 Å². The fourth-order valence-electron chi connectivity index (χ4n) is 2.88. The number of amides is 3. The summed E-state index contributed by atoms with van der Waals surface area (Å²) in [5.41, 5.74) is 1.82. The van der Waals surface area contributed by atoms with E-state index in [4.69, 9.17) is 4.42 Å². The van der Waals surface area contributed by atoms with Crippen molar-refractivity contribution in [2.45, 2.75) is 18.0 Å². The number of benzene rings is 2. The normalized spacial score (nSPS) is 11.2. The Hall–Kier alpha value is -3.63. The van der Waals surface area contributed by atoms with E-state index < -0.39 is 16.1 Å². The van der Waals surface area contributed by atoms with Crippen LogP contribution in [0.5, 0.6) is 0 Å². The summed E-state index contributed by atoms with van der Waals surface area (Å²) in [6.45, 7) is 0.266. The van der Waals surface area contributed by atoms with Crippen LogP contribution in [-0.2, 0) is 23.1 Å². The van der Waals surface area contributed by atoms with Gasteiger partial charge < -0.3 is 20.4 Å². The van der Waals surface area contributed by atoms with Gasteiger partial charge in [0.25, 0.3) is 5.91 Å². The first kappa shape index (κ1) is 23.0. The van der Waals surface area contributed by atoms with Crippen LogP contribution in [0.1, 0.15) is 21.7 Å². The first-order chi connectivity index (χ1) is 15.3. The number of nitrogens with zero attached hydrogens (tertiary/aromatic N) is 1. The molecule has 0 radical (unpaired) electrons. The lowest BCUT2D eigenvalue weighted by Gasteiger charge is -2.15. The zero-order chi connectivity index (χ0) is 23.1. The largest absolute Gasteiger partial charge is 0.459 e. The third-order valence-corrected chi connectivity index (χ3v) is 6.47. The minimum Gasteiger partial charge on any atom is -0.459 e. The third kappa shape index (κ3) is 5.74. The SMILES string of the molecule is CN(C)S(=O)(=O)c1ccccc1CNC(=O)NCc1cccc(NC(=O)c2ccco2)c1. The summed E-state index contributed by atoms with van der Waals surface area (Å²) >= 11 is 0. The Labute approximate surface area is 186 Å². The van der Waals surface area contributed by atoms with Gasteiger partial charge in [0.05, 0.1) is 11.2 Å². The zero-order valence-electron chi connectivity index (χ0n) is 17.7. The van der Waals surface area contributed by atoms with E-state index in [0.717, 1.165) is 9.87 Å². The lowest BCUT2D eigenvalue weighted by atomic mass is 10.2. The van der Waals surface area contributed by atoms with Crippen molar-refractivity contribution in [2.75, 3.05) is 19.4 Å². The molecule has 0 fully saturated rings. The van der Waals surface area contributed by atoms with Gasteiger partial charge in [-0.15, -0.1) is 0 Å². The average Bonchev–Trinajstić information content (AvgIpc) is 3.32. The Morgan fingerprint density at radius 2 is 1.69 bits per heavy atom. The standard InChI is InChI=1S/C22H24N4O5S/c1-26(2)32(29,30)20-11-4-3-8-17(20)15-24-22(28)23-14-16-7-5-9-18(13-16)25-21(27)19-10-6-12-31-19/h3-13H,14-15H2,1-2H3,(H,25,27)(H2,23,24,28). The maximum absolute atomic E-state index is 12.5. The number of nitrogens with one attached hydrogen (secondary N) is 3. The molecule has 2 aromatic carbocycles. The second kappa shape index (κ2) is 10.1. The van der Waals surface area contributed by atoms with Crippen LogP contribution >= 0.6 is 0 Å². The summed E-state index contributed by atoms with van der Waals surface area (Å²) in [5.74, 6) is -0.173. The maximum Gasteiger partial charge on any atom is 0.315 e. The molecule has 3 aromatic rings. The summed E-state index contributed by atoms with van der Waals surface area (Å²) in [6, 6.07) is 16.3. The number of furan rings is 1. The number of carbonyl (C=O) groups excluding carboxylic acids is 2. The highest BCUT2D eigenvalue weighted by molar-refractivity contribution is 7.89. The summed E-state index contributed by atoms with van der Waals surface area (Å²) in [4.78, 5) is 24.5. The van der Waals surface area contributed by atoms with Gasteiger partial charge in [-0.1, -0.05) is 30.3 Å². The van der Waals surface area contributed by atoms with Crippen molar-refractivity contribution in [3.05, 3.63) is 83.8 Å². The monoisotopic (exact) mass is 456 g/mol. The van der Waals surface area contributed by atoms with Gasteiger partial charge in [0.2, 0.25) is 10.0 Å². The number of rotatable bonds is 8. The molecule has 9 nitrogen and oxygen atoms in total. The Bertz CT molecular complexity index is 1190. The van der Waals surface area contributed by atoms with E-state index in [9.17, 15) is 18.0 Å². The Balaban J connectivity index is 1.56. The molecule has 32 heavy (non-hydrogen) atoms. The molecule has 168 valence electrons. The van der Waals surface area contributed by atoms with Gasteiger partial charge in [-0.25, -0.2) is 17.5 Å². The van der Waals surface area contributed by atoms with Crippen molar-refractivity contribution in [1.82, 2.24) is 14.9 Å². The molecule has 0 saturated heterocycles. The lowest BCUT2D eigenvalue weighted by molar-refractivity contribution is 0.0996. The van der Waals surface area contributed by atoms with Gasteiger partial charge in [-0.2, -0.15) is 0 Å². The predicted octanol–water partition coefficient (Wildman–Crippen LogP) is 2.78. The molecular formula is C22H24N4O5S. The predicted molar refractivity (Wildman–Crippen MR) is 119 cm³/mol. The molecule has 1 aromatic heterocycles. The van der Waals surface area contributed by atoms with Crippen LogP contribution in [0.15, 0.2) is 76.2 Å². The summed E-state index contributed by atoms with van der Waals surface area (Å²) in [5, 5.41) is 8.11. The molecule has 1 heterocycles. The van der Waals surface area contributed by atoms with Crippen molar-refractivity contribution in [3.63, 3.8) is 0 Å². The molecule has 0 bridgehead atoms. The summed E-state index contributed by atoms with van der Waals surface area (Å²) in [6.07, 6.45) is 1.42. The second-order valence-corrected chi connectivity index (χ2v) is 9.18. The van der Waals surface area contributed by atoms with Gasteiger partial charge in [0.1, 0.15) is 0 Å². The number of carbonyl (C=O) groups is 2. The highest BCUT2D eigenvalue weighted by Crippen LogP contribution is 2.18. The van der Waals surface area contributed by atoms with Crippen molar-refractivity contribution in [1.29, 1.82) is 0 Å². The van der Waals surface area contributed by atoms with Crippen molar-refractivity contribution in [2.24, 2.45) is 0 Å². The van der Waals surface area contributed by atoms with Crippen LogP contribution in [0.25, 0.3) is 0 Å². The van der Waals surface area contributed by atoms with Gasteiger partial charge >= 0.3 is 6.03 Å². The smallest absolute Gasteiger partial charge is 0.315 e. The second-order valence-electron chi connectivity index (χ2n) is 7.06. The quantitative estimate of drug-likeness (QED) is 0.481. The molecule has 0 aliphatic carbocycles. The van der Waals surface area contributed by atoms with E-state index in [1.165, 1.54) is 26.4 Å². The van der Waals surface area contributed by atoms with Crippen LogP contribution in [0.2, 0.25) is 0 Å². The van der Waals surface area contributed by atoms with E-state index in [-0.39, 0.29) is 29.7 Å². The Morgan fingerprint density at radius 1 is 0.938 bits per heavy atom. The van der Waals surface area contributed by atoms with Crippen molar-refractivity contribution >= 4 is 27.6 Å². The third-order valence-electron chi connectivity index (χ3n) is 4.55. The summed E-state index contributed by atoms with van der Waals surface area (Å²) < 4.78 is 31.1. The fourth-order valence-corrected chi connectivity index (χ4v) is 3.99. The zero-order valence-corrected chi connectivity index (χ0v) is 18.5. The van der Waals surface area contributed by atoms with Crippen molar-refractivity contribution < 1.29 is 22.4 Å². The van der Waals surface area contributed by atoms with Crippen LogP contribution in [0, 0.1) is 0 Å². The number of urea groups is 1. The molecule has 0 aliphatic heterocycles. The Kier molecular flexibility index (Phi) is 7.29. The summed E-state index contributed by atoms with van der Waals surface area (Å²) in [7, 11) is -0.710. The molecule has 0 spiro atoms. The number of hydrogen-bond acceptors (Lipinski definition) is 5. The van der Waals surface area contributed by atoms with Crippen molar-refractivity contribution in [3.8, 4) is 0 Å². The molecule has 0 atom stereocenters. The number of hydrogen-bond donors (Lipinski definition) is 3. The molecule has 3 rings (SSSR count). The van der Waals surface area contributed by atoms with Crippen LogP contribution < -0.4 is 16.0 Å². The topological polar surface area (TPSA) is 121 Å². The van der Waals surface area contributed by atoms with Gasteiger partial charge in [-0.05, 0) is 41.5 Å². The fraction of sp³-hybridized carbons (Fsp3) is 0.182. The molecule has 0 aliphatic rings. The van der Waals surface area contributed by atoms with Crippen LogP contribution in [-0.4, -0.2) is 38.8 Å². The molecule has 3 N–H and O–H groups in total. The van der Waals surface area contributed by atoms with Crippen LogP contribution in [0.3, 0.4) is 0 Å². The highest BCUT2D eigenvalue weighted by Gasteiger charge is 2.20. The molecule has 0 unspecified atom stereocenters. The first-order valence-corrected chi connectivity index (χ1v) is 11.2.